The first kappa shape index (κ1) is 29.8. The highest BCUT2D eigenvalue weighted by molar-refractivity contribution is 7.92. The Morgan fingerprint density at radius 2 is 1.60 bits per heavy atom. The highest BCUT2D eigenvalue weighted by atomic mass is 35.5. The predicted octanol–water partition coefficient (Wildman–Crippen LogP) is 4.83. The fraction of sp³-hybridized carbons (Fsp3) is 0.269. The number of sulfonamides is 1. The summed E-state index contributed by atoms with van der Waals surface area (Å²) in [6, 6.07) is 17.2. The minimum Gasteiger partial charge on any atom is -0.382 e. The van der Waals surface area contributed by atoms with Gasteiger partial charge in [-0.25, -0.2) is 16.8 Å². The van der Waals surface area contributed by atoms with Crippen LogP contribution in [-0.2, 0) is 26.4 Å². The summed E-state index contributed by atoms with van der Waals surface area (Å²) < 4.78 is 90.2. The lowest BCUT2D eigenvalue weighted by Gasteiger charge is -2.32. The molecule has 3 aromatic carbocycles. The van der Waals surface area contributed by atoms with Crippen LogP contribution in [0.4, 0.5) is 18.9 Å². The van der Waals surface area contributed by atoms with Gasteiger partial charge in [0.2, 0.25) is 10.0 Å². The number of amides is 1. The zero-order valence-electron chi connectivity index (χ0n) is 20.9. The fourth-order valence-corrected chi connectivity index (χ4v) is 7.03. The van der Waals surface area contributed by atoms with Crippen LogP contribution >= 0.6 is 11.6 Å². The molecule has 0 atom stereocenters. The summed E-state index contributed by atoms with van der Waals surface area (Å²) in [4.78, 5) is 11.4. The van der Waals surface area contributed by atoms with Gasteiger partial charge in [0.15, 0.2) is 0 Å². The van der Waals surface area contributed by atoms with Gasteiger partial charge in [-0.2, -0.15) is 17.5 Å². The van der Waals surface area contributed by atoms with Gasteiger partial charge in [0, 0.05) is 36.9 Å². The number of sulfone groups is 1. The number of carbonyl (C=O) groups excluding carboxylic acids is 1. The van der Waals surface area contributed by atoms with Crippen molar-refractivity contribution in [1.29, 1.82) is 0 Å². The molecule has 0 saturated carbocycles. The maximum Gasteiger partial charge on any atom is 0.501 e. The SMILES string of the molecule is O=C(NCc1ccc(Cl)c(S(=O)(=O)N2CCC(Nc3cccc(S(=O)(=O)C(F)(F)F)c3)CC2)c1)c1ccccc1. The Balaban J connectivity index is 1.40. The summed E-state index contributed by atoms with van der Waals surface area (Å²) in [6.45, 7) is 0.292. The average molecular weight is 616 g/mol. The summed E-state index contributed by atoms with van der Waals surface area (Å²) in [7, 11) is -9.48. The van der Waals surface area contributed by atoms with E-state index in [9.17, 15) is 34.8 Å². The zero-order chi connectivity index (χ0) is 29.1. The number of alkyl halides is 3. The van der Waals surface area contributed by atoms with E-state index in [1.807, 2.05) is 0 Å². The van der Waals surface area contributed by atoms with Gasteiger partial charge in [0.05, 0.1) is 9.92 Å². The lowest BCUT2D eigenvalue weighted by atomic mass is 10.1. The second-order valence-corrected chi connectivity index (χ2v) is 13.4. The van der Waals surface area contributed by atoms with E-state index in [1.165, 1.54) is 28.6 Å². The summed E-state index contributed by atoms with van der Waals surface area (Å²) in [6.07, 6.45) is 0.639. The fourth-order valence-electron chi connectivity index (χ4n) is 4.23. The van der Waals surface area contributed by atoms with Gasteiger partial charge < -0.3 is 10.6 Å². The smallest absolute Gasteiger partial charge is 0.382 e. The van der Waals surface area contributed by atoms with Crippen LogP contribution < -0.4 is 10.6 Å². The highest BCUT2D eigenvalue weighted by Crippen LogP contribution is 2.32. The van der Waals surface area contributed by atoms with E-state index >= 15 is 0 Å². The van der Waals surface area contributed by atoms with Crippen molar-refractivity contribution in [2.75, 3.05) is 18.4 Å². The molecular formula is C26H25ClF3N3O5S2. The molecule has 0 spiro atoms. The molecule has 1 amide bonds. The van der Waals surface area contributed by atoms with Crippen LogP contribution in [0.15, 0.2) is 82.6 Å². The maximum atomic E-state index is 13.4. The maximum absolute atomic E-state index is 13.4. The van der Waals surface area contributed by atoms with Crippen LogP contribution in [0, 0.1) is 0 Å². The highest BCUT2D eigenvalue weighted by Gasteiger charge is 2.47. The number of nitrogens with zero attached hydrogens (tertiary/aromatic N) is 1. The topological polar surface area (TPSA) is 113 Å². The Bertz CT molecular complexity index is 1590. The molecule has 1 fully saturated rings. The Kier molecular flexibility index (Phi) is 8.78. The number of hydrogen-bond donors (Lipinski definition) is 2. The van der Waals surface area contributed by atoms with Crippen molar-refractivity contribution in [3.05, 3.63) is 88.9 Å². The quantitative estimate of drug-likeness (QED) is 0.375. The van der Waals surface area contributed by atoms with Gasteiger partial charge in [-0.05, 0) is 60.9 Å². The second-order valence-electron chi connectivity index (χ2n) is 9.11. The van der Waals surface area contributed by atoms with Crippen LogP contribution in [0.1, 0.15) is 28.8 Å². The molecule has 1 saturated heterocycles. The number of nitrogens with one attached hydrogen (secondary N) is 2. The molecule has 2 N–H and O–H groups in total. The molecule has 0 aliphatic carbocycles. The normalized spacial score (nSPS) is 15.5. The summed E-state index contributed by atoms with van der Waals surface area (Å²) in [5.74, 6) is -0.309. The van der Waals surface area contributed by atoms with E-state index in [0.29, 0.717) is 24.0 Å². The molecule has 0 aromatic heterocycles. The van der Waals surface area contributed by atoms with Crippen LogP contribution in [0.5, 0.6) is 0 Å². The van der Waals surface area contributed by atoms with Crippen molar-refractivity contribution in [3.63, 3.8) is 0 Å². The molecule has 14 heteroatoms. The Labute approximate surface area is 235 Å². The van der Waals surface area contributed by atoms with E-state index in [1.54, 1.807) is 36.4 Å². The van der Waals surface area contributed by atoms with Crippen molar-refractivity contribution in [2.24, 2.45) is 0 Å². The van der Waals surface area contributed by atoms with E-state index < -0.39 is 30.3 Å². The first-order chi connectivity index (χ1) is 18.8. The standard InChI is InChI=1S/C26H25ClF3N3O5S2/c27-23-10-9-18(17-31-25(34)19-5-2-1-3-6-19)15-24(23)40(37,38)33-13-11-20(12-14-33)32-21-7-4-8-22(16-21)39(35,36)26(28,29)30/h1-10,15-16,20,32H,11-14,17H2,(H,31,34). The van der Waals surface area contributed by atoms with E-state index in [-0.39, 0.29) is 47.2 Å². The van der Waals surface area contributed by atoms with Crippen molar-refractivity contribution in [3.8, 4) is 0 Å². The molecule has 4 rings (SSSR count). The largest absolute Gasteiger partial charge is 0.501 e. The van der Waals surface area contributed by atoms with Crippen molar-refractivity contribution in [2.45, 2.75) is 40.7 Å². The van der Waals surface area contributed by atoms with E-state index in [0.717, 1.165) is 12.1 Å². The third kappa shape index (κ3) is 6.60. The van der Waals surface area contributed by atoms with Gasteiger partial charge >= 0.3 is 5.51 Å². The van der Waals surface area contributed by atoms with Gasteiger partial charge in [-0.3, -0.25) is 4.79 Å². The molecule has 40 heavy (non-hydrogen) atoms. The number of anilines is 1. The molecule has 0 radical (unpaired) electrons. The van der Waals surface area contributed by atoms with Crippen LogP contribution in [0.2, 0.25) is 5.02 Å². The molecule has 0 bridgehead atoms. The molecule has 1 aliphatic rings. The average Bonchev–Trinajstić information content (AvgIpc) is 2.92. The first-order valence-corrected chi connectivity index (χ1v) is 15.4. The van der Waals surface area contributed by atoms with E-state index in [4.69, 9.17) is 11.6 Å². The summed E-state index contributed by atoms with van der Waals surface area (Å²) in [5, 5.41) is 5.77. The summed E-state index contributed by atoms with van der Waals surface area (Å²) >= 11 is 6.24. The molecule has 0 unspecified atom stereocenters. The molecule has 1 heterocycles. The van der Waals surface area contributed by atoms with Crippen LogP contribution in [-0.4, -0.2) is 51.7 Å². The number of hydrogen-bond acceptors (Lipinski definition) is 6. The first-order valence-electron chi connectivity index (χ1n) is 12.1. The Morgan fingerprint density at radius 1 is 0.925 bits per heavy atom. The van der Waals surface area contributed by atoms with Crippen molar-refractivity contribution >= 4 is 43.1 Å². The lowest BCUT2D eigenvalue weighted by molar-refractivity contribution is -0.0436. The molecule has 3 aromatic rings. The van der Waals surface area contributed by atoms with Crippen LogP contribution in [0.3, 0.4) is 0 Å². The van der Waals surface area contributed by atoms with Gasteiger partial charge in [0.25, 0.3) is 15.7 Å². The minimum atomic E-state index is -5.49. The zero-order valence-corrected chi connectivity index (χ0v) is 23.2. The minimum absolute atomic E-state index is 0.0288. The molecule has 214 valence electrons. The van der Waals surface area contributed by atoms with Gasteiger partial charge in [-0.1, -0.05) is 41.9 Å². The third-order valence-electron chi connectivity index (χ3n) is 6.38. The molecule has 8 nitrogen and oxygen atoms in total. The monoisotopic (exact) mass is 615 g/mol. The molecule has 1 aliphatic heterocycles. The predicted molar refractivity (Wildman–Crippen MR) is 144 cm³/mol. The van der Waals surface area contributed by atoms with Gasteiger partial charge in [-0.15, -0.1) is 0 Å². The van der Waals surface area contributed by atoms with Crippen molar-refractivity contribution < 1.29 is 34.8 Å². The Morgan fingerprint density at radius 3 is 2.25 bits per heavy atom. The van der Waals surface area contributed by atoms with E-state index in [2.05, 4.69) is 10.6 Å². The number of benzene rings is 3. The third-order valence-corrected chi connectivity index (χ3v) is 10.2. The number of carbonyl (C=O) groups is 1. The second kappa shape index (κ2) is 11.8. The van der Waals surface area contributed by atoms with Gasteiger partial charge in [0.1, 0.15) is 4.90 Å². The number of halogens is 4. The number of rotatable bonds is 8. The van der Waals surface area contributed by atoms with Crippen LogP contribution in [0.25, 0.3) is 0 Å². The van der Waals surface area contributed by atoms with Crippen molar-refractivity contribution in [1.82, 2.24) is 9.62 Å². The Hall–Kier alpha value is -3.13. The molecular weight excluding hydrogens is 591 g/mol. The lowest BCUT2D eigenvalue weighted by Crippen LogP contribution is -2.42. The number of piperidine rings is 1. The summed E-state index contributed by atoms with van der Waals surface area (Å²) in [5.41, 5.74) is -4.23.